The maximum atomic E-state index is 13.0. The Kier molecular flexibility index (Phi) is 6.21. The largest absolute Gasteiger partial charge is 0.494 e. The van der Waals surface area contributed by atoms with Crippen LogP contribution >= 0.6 is 0 Å². The van der Waals surface area contributed by atoms with Gasteiger partial charge in [0.1, 0.15) is 11.4 Å². The molecule has 3 rings (SSSR count). The number of aryl methyl sites for hydroxylation is 1. The summed E-state index contributed by atoms with van der Waals surface area (Å²) in [6.07, 6.45) is 1.51. The number of hydrogen-bond acceptors (Lipinski definition) is 5. The van der Waals surface area contributed by atoms with Crippen molar-refractivity contribution < 1.29 is 14.3 Å². The van der Waals surface area contributed by atoms with E-state index < -0.39 is 17.1 Å². The zero-order valence-corrected chi connectivity index (χ0v) is 16.1. The van der Waals surface area contributed by atoms with Crippen LogP contribution < -0.4 is 16.6 Å². The number of hydrogen-bond donors (Lipinski definition) is 3. The Morgan fingerprint density at radius 3 is 2.47 bits per heavy atom. The molecule has 0 saturated heterocycles. The van der Waals surface area contributed by atoms with Crippen molar-refractivity contribution in [3.63, 3.8) is 0 Å². The number of H-pyrrole nitrogens is 1. The number of nitrogens with one attached hydrogen (secondary N) is 2. The highest BCUT2D eigenvalue weighted by molar-refractivity contribution is 5.89. The van der Waals surface area contributed by atoms with Gasteiger partial charge in [-0.15, -0.1) is 0 Å². The zero-order chi connectivity index (χ0) is 21.7. The number of rotatable bonds is 6. The minimum absolute atomic E-state index is 0.0827. The van der Waals surface area contributed by atoms with Gasteiger partial charge in [-0.3, -0.25) is 24.1 Å². The predicted molar refractivity (Wildman–Crippen MR) is 111 cm³/mol. The number of anilines is 1. The molecule has 0 atom stereocenters. The van der Waals surface area contributed by atoms with E-state index in [4.69, 9.17) is 0 Å². The van der Waals surface area contributed by atoms with Crippen LogP contribution in [0.25, 0.3) is 0 Å². The second-order valence-electron chi connectivity index (χ2n) is 6.51. The second-order valence-corrected chi connectivity index (χ2v) is 6.51. The van der Waals surface area contributed by atoms with Gasteiger partial charge in [-0.2, -0.15) is 0 Å². The molecular weight excluding hydrogens is 391 g/mol. The topological polar surface area (TPSA) is 117 Å². The average Bonchev–Trinajstić information content (AvgIpc) is 2.69. The number of carbonyl (C=O) groups is 1. The van der Waals surface area contributed by atoms with Gasteiger partial charge >= 0.3 is 5.69 Å². The molecule has 0 aliphatic heterocycles. The molecular formula is C21H19FN4O4. The highest BCUT2D eigenvalue weighted by Crippen LogP contribution is 2.17. The summed E-state index contributed by atoms with van der Waals surface area (Å²) in [5, 5.41) is 13.1. The smallest absolute Gasteiger partial charge is 0.331 e. The van der Waals surface area contributed by atoms with E-state index in [1.165, 1.54) is 19.1 Å². The molecule has 0 radical (unpaired) electrons. The number of aliphatic imine (C=N–C) groups is 1. The fourth-order valence-electron chi connectivity index (χ4n) is 2.76. The van der Waals surface area contributed by atoms with Crippen LogP contribution in [0.15, 0.2) is 63.1 Å². The standard InChI is InChI=1S/C21H19FN4O4/c1-13(27)24-17-8-6-16(7-9-17)23-12-18-19(28)25-21(30)26(20(18)29)11-10-14-2-4-15(22)5-3-14/h2-9,12,29H,10-11H2,1H3,(H,24,27)(H,25,28,30). The van der Waals surface area contributed by atoms with Gasteiger partial charge in [0.05, 0.1) is 5.69 Å². The van der Waals surface area contributed by atoms with E-state index in [2.05, 4.69) is 15.3 Å². The number of aromatic hydroxyl groups is 1. The summed E-state index contributed by atoms with van der Waals surface area (Å²) in [6.45, 7) is 1.48. The van der Waals surface area contributed by atoms with Gasteiger partial charge in [0.25, 0.3) is 5.56 Å². The summed E-state index contributed by atoms with van der Waals surface area (Å²) in [6, 6.07) is 12.3. The molecule has 0 bridgehead atoms. The van der Waals surface area contributed by atoms with Crippen LogP contribution in [0.4, 0.5) is 15.8 Å². The van der Waals surface area contributed by atoms with Crippen molar-refractivity contribution in [1.82, 2.24) is 9.55 Å². The van der Waals surface area contributed by atoms with Crippen LogP contribution in [0.1, 0.15) is 18.1 Å². The Morgan fingerprint density at radius 1 is 1.17 bits per heavy atom. The van der Waals surface area contributed by atoms with E-state index in [0.717, 1.165) is 16.3 Å². The Balaban J connectivity index is 1.82. The van der Waals surface area contributed by atoms with Gasteiger partial charge in [-0.25, -0.2) is 9.18 Å². The molecule has 0 unspecified atom stereocenters. The SMILES string of the molecule is CC(=O)Nc1ccc(N=Cc2c(O)n(CCc3ccc(F)cc3)c(=O)[nH]c2=O)cc1. The monoisotopic (exact) mass is 410 g/mol. The maximum Gasteiger partial charge on any atom is 0.331 e. The Labute approximate surface area is 170 Å². The molecule has 154 valence electrons. The van der Waals surface area contributed by atoms with Crippen molar-refractivity contribution in [1.29, 1.82) is 0 Å². The maximum absolute atomic E-state index is 13.0. The first-order chi connectivity index (χ1) is 14.3. The molecule has 1 heterocycles. The molecule has 0 aliphatic carbocycles. The molecule has 0 aliphatic rings. The van der Waals surface area contributed by atoms with Crippen LogP contribution in [0.5, 0.6) is 5.88 Å². The van der Waals surface area contributed by atoms with Crippen molar-refractivity contribution in [3.05, 3.63) is 86.3 Å². The van der Waals surface area contributed by atoms with Gasteiger partial charge in [-0.05, 0) is 48.4 Å². The number of benzene rings is 2. The van der Waals surface area contributed by atoms with Gasteiger partial charge in [0, 0.05) is 25.4 Å². The summed E-state index contributed by atoms with van der Waals surface area (Å²) >= 11 is 0. The Morgan fingerprint density at radius 2 is 1.83 bits per heavy atom. The summed E-state index contributed by atoms with van der Waals surface area (Å²) in [5.41, 5.74) is 0.150. The lowest BCUT2D eigenvalue weighted by Gasteiger charge is -2.09. The predicted octanol–water partition coefficient (Wildman–Crippen LogP) is 2.33. The Hall–Kier alpha value is -4.01. The molecule has 2 aromatic carbocycles. The van der Waals surface area contributed by atoms with Gasteiger partial charge in [-0.1, -0.05) is 12.1 Å². The summed E-state index contributed by atoms with van der Waals surface area (Å²) in [4.78, 5) is 41.6. The minimum atomic E-state index is -0.769. The fraction of sp³-hybridized carbons (Fsp3) is 0.143. The number of aromatic amines is 1. The third-order valence-electron chi connectivity index (χ3n) is 4.27. The van der Waals surface area contributed by atoms with E-state index in [0.29, 0.717) is 17.8 Å². The third kappa shape index (κ3) is 5.07. The van der Waals surface area contributed by atoms with Gasteiger partial charge in [0.2, 0.25) is 11.8 Å². The number of amides is 1. The lowest BCUT2D eigenvalue weighted by atomic mass is 10.1. The van der Waals surface area contributed by atoms with Crippen molar-refractivity contribution in [2.75, 3.05) is 5.32 Å². The summed E-state index contributed by atoms with van der Waals surface area (Å²) in [7, 11) is 0. The van der Waals surface area contributed by atoms with E-state index in [1.807, 2.05) is 0 Å². The lowest BCUT2D eigenvalue weighted by molar-refractivity contribution is -0.114. The molecule has 3 N–H and O–H groups in total. The quantitative estimate of drug-likeness (QED) is 0.541. The molecule has 1 amide bonds. The summed E-state index contributed by atoms with van der Waals surface area (Å²) in [5.74, 6) is -1.08. The molecule has 0 fully saturated rings. The normalized spacial score (nSPS) is 11.0. The zero-order valence-electron chi connectivity index (χ0n) is 16.1. The van der Waals surface area contributed by atoms with E-state index in [1.54, 1.807) is 36.4 Å². The summed E-state index contributed by atoms with van der Waals surface area (Å²) < 4.78 is 14.0. The molecule has 30 heavy (non-hydrogen) atoms. The fourth-order valence-corrected chi connectivity index (χ4v) is 2.76. The second kappa shape index (κ2) is 8.99. The van der Waals surface area contributed by atoms with Gasteiger partial charge < -0.3 is 10.4 Å². The van der Waals surface area contributed by atoms with Crippen molar-refractivity contribution in [2.24, 2.45) is 4.99 Å². The van der Waals surface area contributed by atoms with E-state index >= 15 is 0 Å². The van der Waals surface area contributed by atoms with Crippen LogP contribution in [0.3, 0.4) is 0 Å². The lowest BCUT2D eigenvalue weighted by Crippen LogP contribution is -2.32. The van der Waals surface area contributed by atoms with Crippen molar-refractivity contribution in [3.8, 4) is 5.88 Å². The van der Waals surface area contributed by atoms with Gasteiger partial charge in [0.15, 0.2) is 0 Å². The van der Waals surface area contributed by atoms with Crippen LogP contribution in [-0.4, -0.2) is 26.8 Å². The average molecular weight is 410 g/mol. The molecule has 0 spiro atoms. The molecule has 1 aromatic heterocycles. The molecule has 9 heteroatoms. The van der Waals surface area contributed by atoms with Crippen LogP contribution in [0.2, 0.25) is 0 Å². The first kappa shape index (κ1) is 20.7. The minimum Gasteiger partial charge on any atom is -0.494 e. The third-order valence-corrected chi connectivity index (χ3v) is 4.27. The highest BCUT2D eigenvalue weighted by Gasteiger charge is 2.12. The first-order valence-corrected chi connectivity index (χ1v) is 9.06. The van der Waals surface area contributed by atoms with Crippen molar-refractivity contribution >= 4 is 23.5 Å². The number of halogens is 1. The molecule has 3 aromatic rings. The van der Waals surface area contributed by atoms with Crippen LogP contribution in [0, 0.1) is 5.82 Å². The van der Waals surface area contributed by atoms with E-state index in [9.17, 15) is 23.9 Å². The Bertz CT molecular complexity index is 1200. The number of nitrogens with zero attached hydrogens (tertiary/aromatic N) is 2. The molecule has 0 saturated carbocycles. The van der Waals surface area contributed by atoms with Crippen molar-refractivity contribution in [2.45, 2.75) is 19.9 Å². The van der Waals surface area contributed by atoms with Crippen LogP contribution in [-0.2, 0) is 17.8 Å². The first-order valence-electron chi connectivity index (χ1n) is 9.06. The number of carbonyl (C=O) groups excluding carboxylic acids is 1. The van der Waals surface area contributed by atoms with E-state index in [-0.39, 0.29) is 23.8 Å². The number of aromatic nitrogens is 2. The highest BCUT2D eigenvalue weighted by atomic mass is 19.1. The molecule has 8 nitrogen and oxygen atoms in total.